The number of fused-ring (bicyclic) bond motifs is 2. The van der Waals surface area contributed by atoms with Crippen LogP contribution in [-0.2, 0) is 36.9 Å². The van der Waals surface area contributed by atoms with Crippen LogP contribution >= 0.6 is 0 Å². The third kappa shape index (κ3) is 12.1. The van der Waals surface area contributed by atoms with E-state index >= 15 is 4.79 Å². The number of aryl methyl sites for hydroxylation is 2. The quantitative estimate of drug-likeness (QED) is 0.0420. The fraction of sp³-hybridized carbons (Fsp3) is 0.474. The Morgan fingerprint density at radius 1 is 0.900 bits per heavy atom. The van der Waals surface area contributed by atoms with Gasteiger partial charge in [-0.25, -0.2) is 9.18 Å². The maximum Gasteiger partial charge on any atom is 0.410 e. The molecule has 13 heteroatoms. The summed E-state index contributed by atoms with van der Waals surface area (Å²) in [5.41, 5.74) is 6.39. The number of amides is 1. The van der Waals surface area contributed by atoms with Crippen LogP contribution in [0.25, 0.3) is 0 Å². The normalized spacial score (nSPS) is 24.1. The van der Waals surface area contributed by atoms with E-state index in [0.717, 1.165) is 60.8 Å². The number of aliphatic hydroxyl groups excluding tert-OH is 2. The highest BCUT2D eigenvalue weighted by Crippen LogP contribution is 2.62. The van der Waals surface area contributed by atoms with Crippen LogP contribution in [0.3, 0.4) is 0 Å². The number of halogens is 1. The zero-order valence-electron chi connectivity index (χ0n) is 40.6. The number of hydrogen-bond donors (Lipinski definition) is 2. The van der Waals surface area contributed by atoms with Gasteiger partial charge in [-0.1, -0.05) is 78.7 Å². The van der Waals surface area contributed by atoms with E-state index in [4.69, 9.17) is 38.4 Å². The van der Waals surface area contributed by atoms with Gasteiger partial charge < -0.3 is 43.5 Å². The van der Waals surface area contributed by atoms with Crippen molar-refractivity contribution in [2.75, 3.05) is 39.6 Å². The van der Waals surface area contributed by atoms with Crippen molar-refractivity contribution in [3.63, 3.8) is 0 Å². The Bertz CT molecular complexity index is 2410. The van der Waals surface area contributed by atoms with Crippen molar-refractivity contribution in [1.29, 1.82) is 0 Å². The number of ether oxygens (including phenoxy) is 6. The summed E-state index contributed by atoms with van der Waals surface area (Å²) in [7, 11) is 0. The first-order chi connectivity index (χ1) is 34.2. The maximum absolute atomic E-state index is 15.0. The predicted octanol–water partition coefficient (Wildman–Crippen LogP) is 11.3. The average molecular weight is 961 g/mol. The molecular formula is C57H69FN2O10. The van der Waals surface area contributed by atoms with Gasteiger partial charge in [-0.3, -0.25) is 4.90 Å². The molecule has 4 aromatic rings. The van der Waals surface area contributed by atoms with Gasteiger partial charge in [-0.15, -0.1) is 6.58 Å². The van der Waals surface area contributed by atoms with Crippen molar-refractivity contribution in [2.24, 2.45) is 22.9 Å². The standard InChI is InChI=1S/C57H69FN2O10/c1-4-29-67-57-52(60(37-41-20-22-44(58)23-21-41)56(63)66-32-31-64-38-42-14-6-5-7-15-42)36-50(59-70-53-18-10-13-30-65-53)48-34-43(16-8-11-27-61)47(17-9-12-28-62)54(55(48)57)49-35-46(25-26-51(49)69-57)68-45-24-19-39(2)40(3)33-45/h4-7,14-15,19-26,33-35,43,47,52-55,61-62H,1,8-13,16-18,27-32,36-38H2,2-3H3/t43-,47+,52-,53?,54+,55+,57+/m0/s1. The van der Waals surface area contributed by atoms with Crippen LogP contribution < -0.4 is 9.47 Å². The second-order valence-electron chi connectivity index (χ2n) is 18.9. The lowest BCUT2D eigenvalue weighted by Crippen LogP contribution is -2.70. The summed E-state index contributed by atoms with van der Waals surface area (Å²) < 4.78 is 53.8. The fourth-order valence-electron chi connectivity index (χ4n) is 10.7. The summed E-state index contributed by atoms with van der Waals surface area (Å²) >= 11 is 0. The van der Waals surface area contributed by atoms with Crippen molar-refractivity contribution < 1.29 is 52.7 Å². The first-order valence-electron chi connectivity index (χ1n) is 25.1. The molecule has 2 N–H and O–H groups in total. The third-order valence-electron chi connectivity index (χ3n) is 14.2. The van der Waals surface area contributed by atoms with Gasteiger partial charge in [0, 0.05) is 44.1 Å². The minimum atomic E-state index is -1.55. The minimum Gasteiger partial charge on any atom is -0.459 e. The molecule has 2 fully saturated rings. The molecule has 7 atom stereocenters. The van der Waals surface area contributed by atoms with Crippen LogP contribution in [0.5, 0.6) is 17.2 Å². The summed E-state index contributed by atoms with van der Waals surface area (Å²) in [5, 5.41) is 25.1. The van der Waals surface area contributed by atoms with Crippen molar-refractivity contribution in [3.05, 3.63) is 149 Å². The van der Waals surface area contributed by atoms with E-state index in [9.17, 15) is 14.6 Å². The number of allylic oxidation sites excluding steroid dienone is 1. The maximum atomic E-state index is 15.0. The van der Waals surface area contributed by atoms with E-state index in [1.165, 1.54) is 17.7 Å². The van der Waals surface area contributed by atoms with E-state index in [2.05, 4.69) is 32.6 Å². The molecule has 1 saturated heterocycles. The summed E-state index contributed by atoms with van der Waals surface area (Å²) in [5.74, 6) is -0.859. The van der Waals surface area contributed by atoms with Gasteiger partial charge in [-0.05, 0) is 134 Å². The molecule has 0 aromatic heterocycles. The zero-order valence-corrected chi connectivity index (χ0v) is 40.6. The monoisotopic (exact) mass is 960 g/mol. The largest absolute Gasteiger partial charge is 0.459 e. The molecule has 2 aliphatic heterocycles. The number of unbranched alkanes of at least 4 members (excludes halogenated alkanes) is 2. The Morgan fingerprint density at radius 3 is 2.41 bits per heavy atom. The van der Waals surface area contributed by atoms with Crippen LogP contribution in [0, 0.1) is 37.4 Å². The van der Waals surface area contributed by atoms with E-state index in [0.29, 0.717) is 61.0 Å². The molecule has 8 rings (SSSR count). The van der Waals surface area contributed by atoms with Gasteiger partial charge in [0.2, 0.25) is 12.1 Å². The molecule has 12 nitrogen and oxygen atoms in total. The molecule has 4 aromatic carbocycles. The summed E-state index contributed by atoms with van der Waals surface area (Å²) in [6.45, 7) is 9.49. The summed E-state index contributed by atoms with van der Waals surface area (Å²) in [6.07, 6.45) is 9.92. The first-order valence-corrected chi connectivity index (χ1v) is 25.1. The lowest BCUT2D eigenvalue weighted by atomic mass is 9.55. The lowest BCUT2D eigenvalue weighted by molar-refractivity contribution is -0.256. The van der Waals surface area contributed by atoms with Crippen LogP contribution in [0.15, 0.2) is 120 Å². The Kier molecular flexibility index (Phi) is 17.8. The van der Waals surface area contributed by atoms with Gasteiger partial charge in [0.1, 0.15) is 35.7 Å². The average Bonchev–Trinajstić information content (AvgIpc) is 3.37. The topological polar surface area (TPSA) is 138 Å². The van der Waals surface area contributed by atoms with Crippen molar-refractivity contribution in [2.45, 2.75) is 115 Å². The van der Waals surface area contributed by atoms with Gasteiger partial charge in [0.25, 0.3) is 0 Å². The summed E-state index contributed by atoms with van der Waals surface area (Å²) in [4.78, 5) is 23.0. The first kappa shape index (κ1) is 50.8. The van der Waals surface area contributed by atoms with Gasteiger partial charge in [-0.2, -0.15) is 0 Å². The molecule has 374 valence electrons. The Balaban J connectivity index is 1.28. The second-order valence-corrected chi connectivity index (χ2v) is 18.9. The second kappa shape index (κ2) is 24.5. The van der Waals surface area contributed by atoms with Crippen molar-refractivity contribution >= 4 is 11.8 Å². The molecule has 1 unspecified atom stereocenters. The van der Waals surface area contributed by atoms with Crippen molar-refractivity contribution in [3.8, 4) is 17.2 Å². The highest BCUT2D eigenvalue weighted by molar-refractivity contribution is 6.03. The van der Waals surface area contributed by atoms with E-state index in [1.807, 2.05) is 60.7 Å². The number of oxime groups is 1. The lowest BCUT2D eigenvalue weighted by Gasteiger charge is -2.59. The molecule has 0 spiro atoms. The van der Waals surface area contributed by atoms with Crippen LogP contribution in [0.4, 0.5) is 9.18 Å². The SMILES string of the molecule is C=CCO[C@@]12Oc3ccc(Oc4ccc(C)c(C)c4)cc3[C@H]3[C@H](CCCCO)[C@@H](CCCCO)C=C(C(=NOC4CCCCO4)C[C@@H]1N(Cc1ccc(F)cc1)C(=O)OCCOCc1ccccc1)[C@H]32. The highest BCUT2D eigenvalue weighted by Gasteiger charge is 2.66. The number of benzene rings is 4. The summed E-state index contributed by atoms with van der Waals surface area (Å²) in [6, 6.07) is 26.9. The molecule has 0 radical (unpaired) electrons. The fourth-order valence-corrected chi connectivity index (χ4v) is 10.7. The number of rotatable bonds is 23. The molecule has 0 bridgehead atoms. The molecule has 1 amide bonds. The van der Waals surface area contributed by atoms with Crippen molar-refractivity contribution in [1.82, 2.24) is 4.90 Å². The Labute approximate surface area is 412 Å². The van der Waals surface area contributed by atoms with E-state index in [1.54, 1.807) is 23.1 Å². The molecule has 70 heavy (non-hydrogen) atoms. The van der Waals surface area contributed by atoms with E-state index in [-0.39, 0.29) is 63.8 Å². The van der Waals surface area contributed by atoms with Crippen LogP contribution in [0.1, 0.15) is 97.9 Å². The third-order valence-corrected chi connectivity index (χ3v) is 14.2. The molecule has 1 saturated carbocycles. The number of aliphatic hydroxyl groups is 2. The molecule has 2 heterocycles. The number of hydrogen-bond acceptors (Lipinski definition) is 11. The number of carbonyl (C=O) groups excluding carboxylic acids is 1. The molecule has 4 aliphatic rings. The smallest absolute Gasteiger partial charge is 0.410 e. The van der Waals surface area contributed by atoms with Gasteiger partial charge in [0.15, 0.2) is 0 Å². The Morgan fingerprint density at radius 2 is 1.67 bits per heavy atom. The van der Waals surface area contributed by atoms with Gasteiger partial charge in [0.05, 0.1) is 38.1 Å². The van der Waals surface area contributed by atoms with Crippen LogP contribution in [0.2, 0.25) is 0 Å². The van der Waals surface area contributed by atoms with Gasteiger partial charge >= 0.3 is 6.09 Å². The molecule has 2 aliphatic carbocycles. The Hall–Kier alpha value is -5.57. The van der Waals surface area contributed by atoms with Crippen LogP contribution in [-0.4, -0.2) is 84.7 Å². The van der Waals surface area contributed by atoms with E-state index < -0.39 is 35.9 Å². The zero-order chi connectivity index (χ0) is 48.9. The minimum absolute atomic E-state index is 0.00734. The molecular weight excluding hydrogens is 892 g/mol. The number of carbonyl (C=O) groups is 1. The highest BCUT2D eigenvalue weighted by atomic mass is 19.1. The predicted molar refractivity (Wildman–Crippen MR) is 265 cm³/mol. The number of nitrogens with zero attached hydrogens (tertiary/aromatic N) is 2.